The van der Waals surface area contributed by atoms with Gasteiger partial charge in [-0.15, -0.1) is 22.5 Å². The highest BCUT2D eigenvalue weighted by atomic mass is 16.7. The molecule has 4 heteroatoms. The maximum atomic E-state index is 5.67. The molecule has 0 saturated heterocycles. The molecule has 3 aromatic rings. The van der Waals surface area contributed by atoms with E-state index >= 15 is 0 Å². The number of nitrogens with zero attached hydrogens (tertiary/aromatic N) is 2. The SMILES string of the molecule is C#CC1CC2(C1)CC(c1ccc3cc(-c4ccccc4OCOC)nnc3c1)C2. The van der Waals surface area contributed by atoms with Crippen molar-refractivity contribution in [3.05, 3.63) is 54.1 Å². The predicted octanol–water partition coefficient (Wildman–Crippen LogP) is 5.19. The van der Waals surface area contributed by atoms with Crippen molar-refractivity contribution in [1.82, 2.24) is 10.2 Å². The number of terminal acetylenes is 1. The van der Waals surface area contributed by atoms with E-state index in [9.17, 15) is 0 Å². The normalized spacial score (nSPS) is 25.2. The number of hydrogen-bond acceptors (Lipinski definition) is 4. The van der Waals surface area contributed by atoms with Gasteiger partial charge >= 0.3 is 0 Å². The van der Waals surface area contributed by atoms with E-state index in [1.165, 1.54) is 31.2 Å². The second-order valence-electron chi connectivity index (χ2n) is 8.47. The first-order valence-corrected chi connectivity index (χ1v) is 10.1. The van der Waals surface area contributed by atoms with Crippen LogP contribution >= 0.6 is 0 Å². The molecule has 0 unspecified atom stereocenters. The molecule has 2 aliphatic rings. The minimum atomic E-state index is 0.201. The van der Waals surface area contributed by atoms with Crippen LogP contribution < -0.4 is 4.74 Å². The average Bonchev–Trinajstić information content (AvgIpc) is 2.70. The Morgan fingerprint density at radius 3 is 2.69 bits per heavy atom. The van der Waals surface area contributed by atoms with Crippen molar-refractivity contribution in [3.63, 3.8) is 0 Å². The van der Waals surface area contributed by atoms with Crippen LogP contribution in [0.1, 0.15) is 37.2 Å². The molecule has 0 amide bonds. The Kier molecular flexibility index (Phi) is 4.49. The van der Waals surface area contributed by atoms with Crippen LogP contribution in [0.3, 0.4) is 0 Å². The van der Waals surface area contributed by atoms with Crippen LogP contribution in [-0.4, -0.2) is 24.1 Å². The lowest BCUT2D eigenvalue weighted by Gasteiger charge is -2.57. The Morgan fingerprint density at radius 1 is 1.07 bits per heavy atom. The van der Waals surface area contributed by atoms with Crippen LogP contribution in [0.25, 0.3) is 22.2 Å². The Labute approximate surface area is 171 Å². The Bertz CT molecular complexity index is 1090. The highest BCUT2D eigenvalue weighted by Gasteiger charge is 2.52. The number of rotatable bonds is 5. The summed E-state index contributed by atoms with van der Waals surface area (Å²) in [5, 5.41) is 10.1. The Hall–Kier alpha value is -2.90. The summed E-state index contributed by atoms with van der Waals surface area (Å²) in [4.78, 5) is 0. The Morgan fingerprint density at radius 2 is 1.90 bits per heavy atom. The van der Waals surface area contributed by atoms with Gasteiger partial charge in [-0.2, -0.15) is 0 Å². The lowest BCUT2D eigenvalue weighted by molar-refractivity contribution is -0.0197. The zero-order chi connectivity index (χ0) is 19.8. The van der Waals surface area contributed by atoms with E-state index < -0.39 is 0 Å². The Balaban J connectivity index is 1.37. The first-order chi connectivity index (χ1) is 14.2. The van der Waals surface area contributed by atoms with Gasteiger partial charge in [0.2, 0.25) is 0 Å². The molecule has 0 atom stereocenters. The molecule has 2 saturated carbocycles. The average molecular weight is 384 g/mol. The highest BCUT2D eigenvalue weighted by molar-refractivity contribution is 5.83. The lowest BCUT2D eigenvalue weighted by Crippen LogP contribution is -2.46. The van der Waals surface area contributed by atoms with Crippen molar-refractivity contribution < 1.29 is 9.47 Å². The van der Waals surface area contributed by atoms with Gasteiger partial charge in [0.05, 0.1) is 11.2 Å². The van der Waals surface area contributed by atoms with E-state index in [0.717, 1.165) is 27.9 Å². The fraction of sp³-hybridized carbons (Fsp3) is 0.360. The number of fused-ring (bicyclic) bond motifs is 1. The smallest absolute Gasteiger partial charge is 0.188 e. The molecule has 2 aliphatic carbocycles. The molecule has 0 radical (unpaired) electrons. The van der Waals surface area contributed by atoms with Crippen LogP contribution in [-0.2, 0) is 4.74 Å². The molecule has 2 aromatic carbocycles. The number of ether oxygens (including phenoxy) is 2. The van der Waals surface area contributed by atoms with E-state index in [0.29, 0.717) is 17.3 Å². The van der Waals surface area contributed by atoms with Gasteiger partial charge in [0, 0.05) is 24.0 Å². The molecule has 4 nitrogen and oxygen atoms in total. The van der Waals surface area contributed by atoms with Gasteiger partial charge in [0.25, 0.3) is 0 Å². The van der Waals surface area contributed by atoms with Crippen molar-refractivity contribution in [2.24, 2.45) is 11.3 Å². The van der Waals surface area contributed by atoms with Crippen molar-refractivity contribution >= 4 is 10.9 Å². The fourth-order valence-corrected chi connectivity index (χ4v) is 5.02. The van der Waals surface area contributed by atoms with E-state index in [1.54, 1.807) is 7.11 Å². The molecule has 146 valence electrons. The third-order valence-electron chi connectivity index (χ3n) is 6.53. The van der Waals surface area contributed by atoms with Gasteiger partial charge < -0.3 is 9.47 Å². The minimum absolute atomic E-state index is 0.201. The molecule has 1 aromatic heterocycles. The van der Waals surface area contributed by atoms with Crippen molar-refractivity contribution in [1.29, 1.82) is 0 Å². The number of para-hydroxylation sites is 1. The first kappa shape index (κ1) is 18.1. The second-order valence-corrected chi connectivity index (χ2v) is 8.47. The fourth-order valence-electron chi connectivity index (χ4n) is 5.02. The highest BCUT2D eigenvalue weighted by Crippen LogP contribution is 2.63. The van der Waals surface area contributed by atoms with Crippen LogP contribution in [0.2, 0.25) is 0 Å². The second kappa shape index (κ2) is 7.17. The van der Waals surface area contributed by atoms with Gasteiger partial charge in [-0.3, -0.25) is 0 Å². The quantitative estimate of drug-likeness (QED) is 0.449. The number of hydrogen-bond donors (Lipinski definition) is 0. The third-order valence-corrected chi connectivity index (χ3v) is 6.53. The van der Waals surface area contributed by atoms with Crippen molar-refractivity contribution in [2.45, 2.75) is 31.6 Å². The predicted molar refractivity (Wildman–Crippen MR) is 113 cm³/mol. The largest absolute Gasteiger partial charge is 0.467 e. The molecule has 0 aliphatic heterocycles. The van der Waals surface area contributed by atoms with Gasteiger partial charge in [0.15, 0.2) is 6.79 Å². The summed E-state index contributed by atoms with van der Waals surface area (Å²) in [7, 11) is 1.61. The lowest BCUT2D eigenvalue weighted by atomic mass is 9.47. The number of methoxy groups -OCH3 is 1. The van der Waals surface area contributed by atoms with Gasteiger partial charge in [-0.05, 0) is 66.8 Å². The van der Waals surface area contributed by atoms with Crippen molar-refractivity contribution in [2.75, 3.05) is 13.9 Å². The summed E-state index contributed by atoms with van der Waals surface area (Å²) >= 11 is 0. The van der Waals surface area contributed by atoms with Crippen LogP contribution in [0.4, 0.5) is 0 Å². The zero-order valence-electron chi connectivity index (χ0n) is 16.6. The van der Waals surface area contributed by atoms with Crippen LogP contribution in [0.5, 0.6) is 5.75 Å². The molecule has 0 bridgehead atoms. The molecule has 1 heterocycles. The van der Waals surface area contributed by atoms with Gasteiger partial charge in [-0.1, -0.05) is 24.3 Å². The molecular weight excluding hydrogens is 360 g/mol. The summed E-state index contributed by atoms with van der Waals surface area (Å²) in [6, 6.07) is 16.5. The van der Waals surface area contributed by atoms with Gasteiger partial charge in [0.1, 0.15) is 5.75 Å². The summed E-state index contributed by atoms with van der Waals surface area (Å²) in [5.41, 5.74) is 4.56. The van der Waals surface area contributed by atoms with E-state index in [1.807, 2.05) is 24.3 Å². The molecule has 5 rings (SSSR count). The van der Waals surface area contributed by atoms with Crippen molar-refractivity contribution in [3.8, 4) is 29.4 Å². The number of benzene rings is 2. The van der Waals surface area contributed by atoms with E-state index in [-0.39, 0.29) is 6.79 Å². The summed E-state index contributed by atoms with van der Waals surface area (Å²) in [5.74, 6) is 4.78. The number of aromatic nitrogens is 2. The standard InChI is InChI=1S/C25H24N2O2/c1-3-17-12-25(13-17)14-20(15-25)18-8-9-19-11-23(27-26-22(19)10-18)21-6-4-5-7-24(21)29-16-28-2/h1,4-11,17,20H,12-16H2,2H3. The zero-order valence-corrected chi connectivity index (χ0v) is 16.6. The summed E-state index contributed by atoms with van der Waals surface area (Å²) < 4.78 is 10.7. The molecule has 0 N–H and O–H groups in total. The monoisotopic (exact) mass is 384 g/mol. The van der Waals surface area contributed by atoms with Gasteiger partial charge in [-0.25, -0.2) is 0 Å². The van der Waals surface area contributed by atoms with E-state index in [4.69, 9.17) is 15.9 Å². The topological polar surface area (TPSA) is 44.2 Å². The third kappa shape index (κ3) is 3.26. The molecule has 1 spiro atoms. The molecule has 29 heavy (non-hydrogen) atoms. The van der Waals surface area contributed by atoms with E-state index in [2.05, 4.69) is 40.4 Å². The summed E-state index contributed by atoms with van der Waals surface area (Å²) in [6.45, 7) is 0.201. The minimum Gasteiger partial charge on any atom is -0.467 e. The first-order valence-electron chi connectivity index (χ1n) is 10.1. The van der Waals surface area contributed by atoms with Crippen LogP contribution in [0.15, 0.2) is 48.5 Å². The maximum absolute atomic E-state index is 5.67. The molecular formula is C25H24N2O2. The van der Waals surface area contributed by atoms with Crippen LogP contribution in [0, 0.1) is 23.7 Å². The summed E-state index contributed by atoms with van der Waals surface area (Å²) in [6.07, 6.45) is 10.5. The maximum Gasteiger partial charge on any atom is 0.188 e. The molecule has 2 fully saturated rings.